The van der Waals surface area contributed by atoms with Crippen LogP contribution in [0.5, 0.6) is 5.75 Å². The van der Waals surface area contributed by atoms with E-state index in [-0.39, 0.29) is 12.4 Å². The molecule has 1 saturated carbocycles. The molecular formula is C19H17ClO3. The van der Waals surface area contributed by atoms with Crippen LogP contribution in [0.3, 0.4) is 0 Å². The Morgan fingerprint density at radius 2 is 1.96 bits per heavy atom. The first kappa shape index (κ1) is 14.7. The van der Waals surface area contributed by atoms with Crippen LogP contribution < -0.4 is 4.74 Å². The summed E-state index contributed by atoms with van der Waals surface area (Å²) >= 11 is 6.09. The minimum atomic E-state index is -0.575. The molecule has 0 amide bonds. The smallest absolute Gasteiger partial charge is 0.210 e. The zero-order valence-electron chi connectivity index (χ0n) is 13.1. The van der Waals surface area contributed by atoms with Gasteiger partial charge in [-0.3, -0.25) is 4.79 Å². The zero-order valence-corrected chi connectivity index (χ0v) is 13.8. The largest absolute Gasteiger partial charge is 0.478 e. The first-order valence-electron chi connectivity index (χ1n) is 7.74. The van der Waals surface area contributed by atoms with Crippen molar-refractivity contribution in [3.05, 3.63) is 51.5 Å². The number of ketones is 1. The van der Waals surface area contributed by atoms with Crippen molar-refractivity contribution >= 4 is 17.4 Å². The summed E-state index contributed by atoms with van der Waals surface area (Å²) in [6.45, 7) is 3.87. The lowest BCUT2D eigenvalue weighted by Crippen LogP contribution is -2.22. The molecule has 0 saturated heterocycles. The van der Waals surface area contributed by atoms with Crippen LogP contribution in [0.15, 0.2) is 24.3 Å². The highest BCUT2D eigenvalue weighted by Crippen LogP contribution is 2.52. The van der Waals surface area contributed by atoms with Crippen LogP contribution in [0.4, 0.5) is 0 Å². The van der Waals surface area contributed by atoms with Crippen molar-refractivity contribution in [2.45, 2.75) is 38.9 Å². The molecule has 0 bridgehead atoms. The summed E-state index contributed by atoms with van der Waals surface area (Å²) in [5.41, 5.74) is 4.80. The van der Waals surface area contributed by atoms with Gasteiger partial charge in [-0.15, -0.1) is 0 Å². The second-order valence-electron chi connectivity index (χ2n) is 6.46. The van der Waals surface area contributed by atoms with E-state index in [1.165, 1.54) is 0 Å². The van der Waals surface area contributed by atoms with E-state index < -0.39 is 5.60 Å². The highest BCUT2D eigenvalue weighted by atomic mass is 35.5. The number of carbonyl (C=O) groups excluding carboxylic acids is 1. The summed E-state index contributed by atoms with van der Waals surface area (Å²) in [5.74, 6) is 0.824. The maximum absolute atomic E-state index is 12.7. The molecule has 1 aliphatic carbocycles. The third-order valence-corrected chi connectivity index (χ3v) is 5.26. The van der Waals surface area contributed by atoms with E-state index >= 15 is 0 Å². The SMILES string of the molecule is Cc1cc2c(c(C)c1-c1ccc(Cl)c(CO)c1)C(=O)C1(CC1)O2. The van der Waals surface area contributed by atoms with Gasteiger partial charge in [0.1, 0.15) is 5.75 Å². The van der Waals surface area contributed by atoms with Crippen LogP contribution >= 0.6 is 11.6 Å². The molecule has 0 unspecified atom stereocenters. The third kappa shape index (κ3) is 2.03. The number of benzene rings is 2. The van der Waals surface area contributed by atoms with Crippen LogP contribution in [0.25, 0.3) is 11.1 Å². The average Bonchev–Trinajstić information content (AvgIpc) is 3.23. The molecule has 0 atom stereocenters. The van der Waals surface area contributed by atoms with Gasteiger partial charge in [0.05, 0.1) is 12.2 Å². The Balaban J connectivity index is 1.91. The molecule has 1 heterocycles. The summed E-state index contributed by atoms with van der Waals surface area (Å²) in [7, 11) is 0. The molecule has 0 radical (unpaired) electrons. The number of carbonyl (C=O) groups is 1. The number of ether oxygens (including phenoxy) is 1. The van der Waals surface area contributed by atoms with E-state index in [2.05, 4.69) is 0 Å². The Morgan fingerprint density at radius 3 is 2.61 bits per heavy atom. The lowest BCUT2D eigenvalue weighted by molar-refractivity contribution is 0.0820. The number of rotatable bonds is 2. The predicted molar refractivity (Wildman–Crippen MR) is 89.2 cm³/mol. The van der Waals surface area contributed by atoms with Gasteiger partial charge in [0.25, 0.3) is 0 Å². The lowest BCUT2D eigenvalue weighted by atomic mass is 9.89. The normalized spacial score (nSPS) is 17.3. The van der Waals surface area contributed by atoms with Crippen molar-refractivity contribution < 1.29 is 14.6 Å². The Hall–Kier alpha value is -1.84. The first-order chi connectivity index (χ1) is 11.0. The minimum Gasteiger partial charge on any atom is -0.478 e. The number of aryl methyl sites for hydroxylation is 1. The molecule has 1 aliphatic heterocycles. The van der Waals surface area contributed by atoms with Crippen molar-refractivity contribution in [1.82, 2.24) is 0 Å². The number of Topliss-reactive ketones (excluding diaryl/α,β-unsaturated/α-hetero) is 1. The van der Waals surface area contributed by atoms with Crippen molar-refractivity contribution in [3.63, 3.8) is 0 Å². The van der Waals surface area contributed by atoms with E-state index in [4.69, 9.17) is 16.3 Å². The van der Waals surface area contributed by atoms with Crippen molar-refractivity contribution in [2.24, 2.45) is 0 Å². The van der Waals surface area contributed by atoms with Crippen molar-refractivity contribution in [3.8, 4) is 16.9 Å². The standard InChI is InChI=1S/C19H17ClO3/c1-10-7-15-17(18(22)19(23-15)5-6-19)11(2)16(10)12-3-4-14(20)13(8-12)9-21/h3-4,7-8,21H,5-6,9H2,1-2H3. The Morgan fingerprint density at radius 1 is 1.22 bits per heavy atom. The fourth-order valence-electron chi connectivity index (χ4n) is 3.53. The summed E-state index contributed by atoms with van der Waals surface area (Å²) in [4.78, 5) is 12.7. The van der Waals surface area contributed by atoms with E-state index in [9.17, 15) is 9.90 Å². The average molecular weight is 329 g/mol. The fourth-order valence-corrected chi connectivity index (χ4v) is 3.71. The molecule has 118 valence electrons. The fraction of sp³-hybridized carbons (Fsp3) is 0.316. The molecule has 4 rings (SSSR count). The molecule has 4 heteroatoms. The van der Waals surface area contributed by atoms with Crippen LogP contribution in [0, 0.1) is 13.8 Å². The van der Waals surface area contributed by atoms with Gasteiger partial charge in [-0.25, -0.2) is 0 Å². The molecule has 0 aromatic heterocycles. The molecule has 1 fully saturated rings. The van der Waals surface area contributed by atoms with Gasteiger partial charge < -0.3 is 9.84 Å². The van der Waals surface area contributed by atoms with E-state index in [1.807, 2.05) is 32.0 Å². The van der Waals surface area contributed by atoms with Crippen LogP contribution in [0.2, 0.25) is 5.02 Å². The Labute approximate surface area is 139 Å². The van der Waals surface area contributed by atoms with Gasteiger partial charge in [0.2, 0.25) is 5.78 Å². The molecule has 3 nitrogen and oxygen atoms in total. The highest BCUT2D eigenvalue weighted by Gasteiger charge is 2.58. The van der Waals surface area contributed by atoms with Crippen LogP contribution in [-0.2, 0) is 6.61 Å². The van der Waals surface area contributed by atoms with Gasteiger partial charge in [-0.2, -0.15) is 0 Å². The van der Waals surface area contributed by atoms with Gasteiger partial charge in [0.15, 0.2) is 5.60 Å². The van der Waals surface area contributed by atoms with Gasteiger partial charge >= 0.3 is 0 Å². The van der Waals surface area contributed by atoms with E-state index in [0.29, 0.717) is 21.9 Å². The Bertz CT molecular complexity index is 850. The summed E-state index contributed by atoms with van der Waals surface area (Å²) in [6, 6.07) is 7.55. The lowest BCUT2D eigenvalue weighted by Gasteiger charge is -2.14. The molecule has 2 aliphatic rings. The van der Waals surface area contributed by atoms with Crippen molar-refractivity contribution in [2.75, 3.05) is 0 Å². The number of halogens is 1. The maximum atomic E-state index is 12.7. The summed E-state index contributed by atoms with van der Waals surface area (Å²) < 4.78 is 5.92. The number of fused-ring (bicyclic) bond motifs is 1. The Kier molecular flexibility index (Phi) is 3.09. The molecule has 1 spiro atoms. The highest BCUT2D eigenvalue weighted by molar-refractivity contribution is 6.31. The van der Waals surface area contributed by atoms with E-state index in [1.54, 1.807) is 6.07 Å². The number of hydrogen-bond donors (Lipinski definition) is 1. The quantitative estimate of drug-likeness (QED) is 0.897. The first-order valence-corrected chi connectivity index (χ1v) is 8.12. The summed E-state index contributed by atoms with van der Waals surface area (Å²) in [6.07, 6.45) is 1.62. The van der Waals surface area contributed by atoms with E-state index in [0.717, 1.165) is 35.1 Å². The van der Waals surface area contributed by atoms with Crippen LogP contribution in [-0.4, -0.2) is 16.5 Å². The summed E-state index contributed by atoms with van der Waals surface area (Å²) in [5, 5.41) is 9.99. The number of hydrogen-bond acceptors (Lipinski definition) is 3. The molecule has 2 aromatic carbocycles. The maximum Gasteiger partial charge on any atom is 0.210 e. The molecule has 23 heavy (non-hydrogen) atoms. The van der Waals surface area contributed by atoms with Gasteiger partial charge in [0, 0.05) is 5.02 Å². The third-order valence-electron chi connectivity index (χ3n) is 4.89. The second-order valence-corrected chi connectivity index (χ2v) is 6.86. The van der Waals surface area contributed by atoms with Crippen LogP contribution in [0.1, 0.15) is 39.9 Å². The molecular weight excluding hydrogens is 312 g/mol. The minimum absolute atomic E-state index is 0.110. The topological polar surface area (TPSA) is 46.5 Å². The molecule has 2 aromatic rings. The second kappa shape index (κ2) is 4.83. The van der Waals surface area contributed by atoms with Gasteiger partial charge in [-0.1, -0.05) is 17.7 Å². The predicted octanol–water partition coefficient (Wildman–Crippen LogP) is 4.22. The number of aliphatic hydroxyl groups is 1. The zero-order chi connectivity index (χ0) is 16.4. The number of aliphatic hydroxyl groups excluding tert-OH is 1. The van der Waals surface area contributed by atoms with Crippen molar-refractivity contribution in [1.29, 1.82) is 0 Å². The monoisotopic (exact) mass is 328 g/mol. The molecule has 1 N–H and O–H groups in total. The van der Waals surface area contributed by atoms with Gasteiger partial charge in [-0.05, 0) is 72.7 Å².